The lowest BCUT2D eigenvalue weighted by molar-refractivity contribution is 0.301. The van der Waals surface area contributed by atoms with Crippen LogP contribution in [0.4, 0.5) is 0 Å². The molecule has 2 N–H and O–H groups in total. The second-order valence-corrected chi connectivity index (χ2v) is 5.65. The minimum Gasteiger partial charge on any atom is -0.493 e. The molecule has 0 aromatic heterocycles. The van der Waals surface area contributed by atoms with Crippen LogP contribution in [0.25, 0.3) is 0 Å². The number of unbranched alkanes of at least 4 members (excludes halogenated alkanes) is 3. The van der Waals surface area contributed by atoms with Gasteiger partial charge in [0, 0.05) is 6.04 Å². The fourth-order valence-corrected chi connectivity index (χ4v) is 2.46. The van der Waals surface area contributed by atoms with Gasteiger partial charge >= 0.3 is 0 Å². The van der Waals surface area contributed by atoms with E-state index in [1.165, 1.54) is 36.0 Å². The molecule has 0 heterocycles. The molecule has 1 atom stereocenters. The lowest BCUT2D eigenvalue weighted by Crippen LogP contribution is -2.18. The molecule has 1 aromatic carbocycles. The van der Waals surface area contributed by atoms with Crippen molar-refractivity contribution in [3.05, 3.63) is 28.8 Å². The van der Waals surface area contributed by atoms with Crippen molar-refractivity contribution in [2.75, 3.05) is 6.61 Å². The molecule has 0 fully saturated rings. The van der Waals surface area contributed by atoms with Crippen molar-refractivity contribution in [1.29, 1.82) is 0 Å². The third-order valence-corrected chi connectivity index (χ3v) is 3.32. The standard InChI is InChI=1S/C17H29NO/c1-5-6-7-8-9-19-17-13(2)10-16(11-14(17)3)12-15(4)18/h10-11,15H,5-9,12,18H2,1-4H3. The highest BCUT2D eigenvalue weighted by Crippen LogP contribution is 2.25. The molecule has 0 radical (unpaired) electrons. The number of rotatable bonds is 8. The minimum absolute atomic E-state index is 0.208. The van der Waals surface area contributed by atoms with E-state index in [-0.39, 0.29) is 6.04 Å². The van der Waals surface area contributed by atoms with Crippen LogP contribution >= 0.6 is 0 Å². The zero-order valence-corrected chi connectivity index (χ0v) is 13.0. The van der Waals surface area contributed by atoms with Gasteiger partial charge in [-0.1, -0.05) is 38.3 Å². The zero-order chi connectivity index (χ0) is 14.3. The van der Waals surface area contributed by atoms with Crippen LogP contribution in [-0.2, 0) is 6.42 Å². The summed E-state index contributed by atoms with van der Waals surface area (Å²) in [6, 6.07) is 4.62. The van der Waals surface area contributed by atoms with Crippen molar-refractivity contribution in [2.24, 2.45) is 5.73 Å². The first-order valence-corrected chi connectivity index (χ1v) is 7.53. The summed E-state index contributed by atoms with van der Waals surface area (Å²) in [5.74, 6) is 1.06. The summed E-state index contributed by atoms with van der Waals surface area (Å²) in [5.41, 5.74) is 9.62. The molecule has 108 valence electrons. The second-order valence-electron chi connectivity index (χ2n) is 5.65. The highest BCUT2D eigenvalue weighted by atomic mass is 16.5. The highest BCUT2D eigenvalue weighted by Gasteiger charge is 2.07. The van der Waals surface area contributed by atoms with Crippen molar-refractivity contribution in [2.45, 2.75) is 65.8 Å². The van der Waals surface area contributed by atoms with Gasteiger partial charge in [0.25, 0.3) is 0 Å². The molecule has 1 aromatic rings. The van der Waals surface area contributed by atoms with Crippen LogP contribution < -0.4 is 10.5 Å². The van der Waals surface area contributed by atoms with E-state index in [0.29, 0.717) is 0 Å². The van der Waals surface area contributed by atoms with Gasteiger partial charge in [0.2, 0.25) is 0 Å². The SMILES string of the molecule is CCCCCCOc1c(C)cc(CC(C)N)cc1C. The van der Waals surface area contributed by atoms with Crippen LogP contribution in [0.15, 0.2) is 12.1 Å². The topological polar surface area (TPSA) is 35.2 Å². The summed E-state index contributed by atoms with van der Waals surface area (Å²) in [6.07, 6.45) is 5.91. The van der Waals surface area contributed by atoms with Gasteiger partial charge in [-0.15, -0.1) is 0 Å². The van der Waals surface area contributed by atoms with Crippen LogP contribution in [0.3, 0.4) is 0 Å². The fraction of sp³-hybridized carbons (Fsp3) is 0.647. The zero-order valence-electron chi connectivity index (χ0n) is 13.0. The molecule has 1 rings (SSSR count). The minimum atomic E-state index is 0.208. The Morgan fingerprint density at radius 1 is 1.11 bits per heavy atom. The smallest absolute Gasteiger partial charge is 0.125 e. The normalized spacial score (nSPS) is 12.5. The van der Waals surface area contributed by atoms with Crippen LogP contribution in [0.2, 0.25) is 0 Å². The van der Waals surface area contributed by atoms with E-state index in [0.717, 1.165) is 25.2 Å². The Bertz CT molecular complexity index is 362. The molecule has 0 aliphatic rings. The van der Waals surface area contributed by atoms with Crippen molar-refractivity contribution >= 4 is 0 Å². The predicted molar refractivity (Wildman–Crippen MR) is 82.9 cm³/mol. The fourth-order valence-electron chi connectivity index (χ4n) is 2.46. The van der Waals surface area contributed by atoms with E-state index in [2.05, 4.69) is 32.9 Å². The van der Waals surface area contributed by atoms with Gasteiger partial charge in [0.15, 0.2) is 0 Å². The molecule has 0 bridgehead atoms. The van der Waals surface area contributed by atoms with Crippen LogP contribution in [0.1, 0.15) is 56.2 Å². The molecule has 0 spiro atoms. The molecule has 0 aliphatic carbocycles. The van der Waals surface area contributed by atoms with Crippen LogP contribution in [0.5, 0.6) is 5.75 Å². The summed E-state index contributed by atoms with van der Waals surface area (Å²) in [7, 11) is 0. The monoisotopic (exact) mass is 263 g/mol. The largest absolute Gasteiger partial charge is 0.493 e. The summed E-state index contributed by atoms with van der Waals surface area (Å²) in [4.78, 5) is 0. The third kappa shape index (κ3) is 5.65. The van der Waals surface area contributed by atoms with E-state index in [1.54, 1.807) is 0 Å². The molecule has 0 amide bonds. The average Bonchev–Trinajstić information content (AvgIpc) is 2.31. The van der Waals surface area contributed by atoms with E-state index < -0.39 is 0 Å². The maximum Gasteiger partial charge on any atom is 0.125 e. The average molecular weight is 263 g/mol. The maximum absolute atomic E-state index is 5.94. The molecule has 2 nitrogen and oxygen atoms in total. The van der Waals surface area contributed by atoms with Gasteiger partial charge in [-0.2, -0.15) is 0 Å². The molecule has 0 aliphatic heterocycles. The molecule has 1 unspecified atom stereocenters. The van der Waals surface area contributed by atoms with Gasteiger partial charge in [-0.05, 0) is 50.3 Å². The Hall–Kier alpha value is -1.02. The molecule has 0 saturated carbocycles. The molecule has 2 heteroatoms. The van der Waals surface area contributed by atoms with Crippen molar-refractivity contribution < 1.29 is 4.74 Å². The Morgan fingerprint density at radius 2 is 1.74 bits per heavy atom. The van der Waals surface area contributed by atoms with Crippen LogP contribution in [-0.4, -0.2) is 12.6 Å². The van der Waals surface area contributed by atoms with Crippen molar-refractivity contribution in [3.63, 3.8) is 0 Å². The quantitative estimate of drug-likeness (QED) is 0.715. The number of hydrogen-bond donors (Lipinski definition) is 1. The van der Waals surface area contributed by atoms with E-state index >= 15 is 0 Å². The number of aryl methyl sites for hydroxylation is 2. The first-order valence-electron chi connectivity index (χ1n) is 7.53. The Labute approximate surface area is 118 Å². The molecular formula is C17H29NO. The number of ether oxygens (including phenoxy) is 1. The highest BCUT2D eigenvalue weighted by molar-refractivity contribution is 5.43. The molecule has 0 saturated heterocycles. The summed E-state index contributed by atoms with van der Waals surface area (Å²) < 4.78 is 5.94. The van der Waals surface area contributed by atoms with Gasteiger partial charge in [-0.25, -0.2) is 0 Å². The summed E-state index contributed by atoms with van der Waals surface area (Å²) in [5, 5.41) is 0. The lowest BCUT2D eigenvalue weighted by atomic mass is 10.0. The molecule has 19 heavy (non-hydrogen) atoms. The molecular weight excluding hydrogens is 234 g/mol. The summed E-state index contributed by atoms with van der Waals surface area (Å²) >= 11 is 0. The van der Waals surface area contributed by atoms with Crippen LogP contribution in [0, 0.1) is 13.8 Å². The Balaban J connectivity index is 2.59. The second kappa shape index (κ2) is 8.21. The van der Waals surface area contributed by atoms with E-state index in [4.69, 9.17) is 10.5 Å². The van der Waals surface area contributed by atoms with Gasteiger partial charge in [-0.3, -0.25) is 0 Å². The lowest BCUT2D eigenvalue weighted by Gasteiger charge is -2.15. The van der Waals surface area contributed by atoms with Gasteiger partial charge in [0.05, 0.1) is 6.61 Å². The first-order chi connectivity index (χ1) is 9.04. The van der Waals surface area contributed by atoms with Crippen molar-refractivity contribution in [1.82, 2.24) is 0 Å². The summed E-state index contributed by atoms with van der Waals surface area (Å²) in [6.45, 7) is 9.35. The van der Waals surface area contributed by atoms with Gasteiger partial charge < -0.3 is 10.5 Å². The Morgan fingerprint density at radius 3 is 2.26 bits per heavy atom. The van der Waals surface area contributed by atoms with Crippen molar-refractivity contribution in [3.8, 4) is 5.75 Å². The number of nitrogens with two attached hydrogens (primary N) is 1. The predicted octanol–water partition coefficient (Wildman–Crippen LogP) is 4.15. The maximum atomic E-state index is 5.94. The first kappa shape index (κ1) is 16.0. The van der Waals surface area contributed by atoms with E-state index in [9.17, 15) is 0 Å². The number of hydrogen-bond acceptors (Lipinski definition) is 2. The number of benzene rings is 1. The third-order valence-electron chi connectivity index (χ3n) is 3.32. The Kier molecular flexibility index (Phi) is 6.93. The van der Waals surface area contributed by atoms with E-state index in [1.807, 2.05) is 6.92 Å². The van der Waals surface area contributed by atoms with Gasteiger partial charge in [0.1, 0.15) is 5.75 Å².